The summed E-state index contributed by atoms with van der Waals surface area (Å²) < 4.78 is 26.3. The third-order valence-corrected chi connectivity index (χ3v) is 2.79. The number of nitrogens with one attached hydrogen (secondary N) is 1. The summed E-state index contributed by atoms with van der Waals surface area (Å²) in [6, 6.07) is 1.14. The minimum absolute atomic E-state index is 0.358. The van der Waals surface area contributed by atoms with E-state index in [1.807, 2.05) is 0 Å². The first kappa shape index (κ1) is 16.0. The van der Waals surface area contributed by atoms with E-state index in [-0.39, 0.29) is 5.56 Å². The molecule has 2 N–H and O–H groups in total. The number of benzene rings is 1. The van der Waals surface area contributed by atoms with Gasteiger partial charge in [-0.3, -0.25) is 4.79 Å². The van der Waals surface area contributed by atoms with Crippen LogP contribution < -0.4 is 5.32 Å². The number of carbonyl (C=O) groups excluding carboxylic acids is 1. The summed E-state index contributed by atoms with van der Waals surface area (Å²) in [5, 5.41) is 11.9. The lowest BCUT2D eigenvalue weighted by Crippen LogP contribution is -2.30. The van der Waals surface area contributed by atoms with Gasteiger partial charge in [0.1, 0.15) is 0 Å². The van der Waals surface area contributed by atoms with Crippen molar-refractivity contribution in [2.45, 2.75) is 6.42 Å². The Kier molecular flexibility index (Phi) is 5.57. The van der Waals surface area contributed by atoms with Crippen molar-refractivity contribution in [3.05, 3.63) is 34.9 Å². The van der Waals surface area contributed by atoms with Crippen LogP contribution in [0.1, 0.15) is 27.1 Å². The molecule has 110 valence electrons. The highest BCUT2D eigenvalue weighted by molar-refractivity contribution is 6.04. The molecule has 0 saturated carbocycles. The zero-order valence-corrected chi connectivity index (χ0v) is 11.2. The molecule has 0 heterocycles. The molecule has 0 saturated heterocycles. The Morgan fingerprint density at radius 2 is 1.80 bits per heavy atom. The first-order valence-electron chi connectivity index (χ1n) is 6.01. The number of rotatable bonds is 6. The van der Waals surface area contributed by atoms with Crippen LogP contribution in [0.15, 0.2) is 12.1 Å². The topological polar surface area (TPSA) is 69.6 Å². The van der Waals surface area contributed by atoms with E-state index in [1.54, 1.807) is 7.05 Å². The third-order valence-electron chi connectivity index (χ3n) is 2.79. The number of carboxylic acids is 1. The Morgan fingerprint density at radius 1 is 1.25 bits per heavy atom. The summed E-state index contributed by atoms with van der Waals surface area (Å²) in [4.78, 5) is 24.4. The van der Waals surface area contributed by atoms with Gasteiger partial charge in [0.15, 0.2) is 11.6 Å². The molecule has 1 aromatic carbocycles. The monoisotopic (exact) mass is 286 g/mol. The SMILES string of the molecule is CNCCCN(C)C(=O)c1cc(F)c(F)cc1C(=O)O. The molecular weight excluding hydrogens is 270 g/mol. The van der Waals surface area contributed by atoms with Crippen LogP contribution in [0.4, 0.5) is 8.78 Å². The summed E-state index contributed by atoms with van der Waals surface area (Å²) in [6.45, 7) is 1.05. The number of carboxylic acid groups (broad SMARTS) is 1. The van der Waals surface area contributed by atoms with Crippen LogP contribution in [0.3, 0.4) is 0 Å². The summed E-state index contributed by atoms with van der Waals surface area (Å²) in [7, 11) is 3.24. The maximum absolute atomic E-state index is 13.2. The Morgan fingerprint density at radius 3 is 2.30 bits per heavy atom. The molecule has 0 unspecified atom stereocenters. The maximum Gasteiger partial charge on any atom is 0.336 e. The minimum Gasteiger partial charge on any atom is -0.478 e. The second-order valence-corrected chi connectivity index (χ2v) is 4.30. The lowest BCUT2D eigenvalue weighted by Gasteiger charge is -2.18. The predicted molar refractivity (Wildman–Crippen MR) is 68.8 cm³/mol. The van der Waals surface area contributed by atoms with Crippen molar-refractivity contribution in [3.63, 3.8) is 0 Å². The van der Waals surface area contributed by atoms with E-state index in [1.165, 1.54) is 11.9 Å². The fourth-order valence-corrected chi connectivity index (χ4v) is 1.70. The largest absolute Gasteiger partial charge is 0.478 e. The van der Waals surface area contributed by atoms with E-state index in [4.69, 9.17) is 5.11 Å². The van der Waals surface area contributed by atoms with Crippen molar-refractivity contribution in [3.8, 4) is 0 Å². The average Bonchev–Trinajstić information content (AvgIpc) is 2.40. The summed E-state index contributed by atoms with van der Waals surface area (Å²) in [6.07, 6.45) is 0.658. The highest BCUT2D eigenvalue weighted by atomic mass is 19.2. The van der Waals surface area contributed by atoms with Crippen LogP contribution >= 0.6 is 0 Å². The van der Waals surface area contributed by atoms with Crippen LogP contribution in [0.2, 0.25) is 0 Å². The summed E-state index contributed by atoms with van der Waals surface area (Å²) >= 11 is 0. The number of hydrogen-bond donors (Lipinski definition) is 2. The van der Waals surface area contributed by atoms with Gasteiger partial charge in [-0.25, -0.2) is 13.6 Å². The molecule has 0 aromatic heterocycles. The van der Waals surface area contributed by atoms with E-state index in [0.29, 0.717) is 31.6 Å². The first-order chi connectivity index (χ1) is 9.38. The number of hydrogen-bond acceptors (Lipinski definition) is 3. The highest BCUT2D eigenvalue weighted by Crippen LogP contribution is 2.17. The van der Waals surface area contributed by atoms with Gasteiger partial charge in [0.2, 0.25) is 0 Å². The molecule has 1 rings (SSSR count). The molecule has 1 aromatic rings. The number of nitrogens with zero attached hydrogens (tertiary/aromatic N) is 1. The second kappa shape index (κ2) is 6.95. The van der Waals surface area contributed by atoms with E-state index < -0.39 is 29.1 Å². The lowest BCUT2D eigenvalue weighted by atomic mass is 10.1. The second-order valence-electron chi connectivity index (χ2n) is 4.30. The summed E-state index contributed by atoms with van der Waals surface area (Å²) in [5.41, 5.74) is -0.905. The van der Waals surface area contributed by atoms with Crippen molar-refractivity contribution in [1.29, 1.82) is 0 Å². The third kappa shape index (κ3) is 3.74. The number of halogens is 2. The van der Waals surface area contributed by atoms with Gasteiger partial charge in [0.25, 0.3) is 5.91 Å². The van der Waals surface area contributed by atoms with Gasteiger partial charge >= 0.3 is 5.97 Å². The zero-order chi connectivity index (χ0) is 15.3. The number of carbonyl (C=O) groups is 2. The fourth-order valence-electron chi connectivity index (χ4n) is 1.70. The quantitative estimate of drug-likeness (QED) is 0.774. The van der Waals surface area contributed by atoms with Crippen LogP contribution in [0, 0.1) is 11.6 Å². The van der Waals surface area contributed by atoms with Gasteiger partial charge in [-0.2, -0.15) is 0 Å². The molecule has 20 heavy (non-hydrogen) atoms. The molecule has 0 spiro atoms. The fraction of sp³-hybridized carbons (Fsp3) is 0.385. The van der Waals surface area contributed by atoms with Crippen molar-refractivity contribution < 1.29 is 23.5 Å². The average molecular weight is 286 g/mol. The first-order valence-corrected chi connectivity index (χ1v) is 6.01. The lowest BCUT2D eigenvalue weighted by molar-refractivity contribution is 0.0680. The van der Waals surface area contributed by atoms with Crippen molar-refractivity contribution >= 4 is 11.9 Å². The zero-order valence-electron chi connectivity index (χ0n) is 11.2. The Balaban J connectivity index is 3.02. The van der Waals surface area contributed by atoms with Gasteiger partial charge in [-0.05, 0) is 32.1 Å². The number of aromatic carboxylic acids is 1. The predicted octanol–water partition coefficient (Wildman–Crippen LogP) is 1.34. The van der Waals surface area contributed by atoms with Crippen LogP contribution in [-0.4, -0.2) is 49.1 Å². The van der Waals surface area contributed by atoms with Crippen LogP contribution in [0.25, 0.3) is 0 Å². The van der Waals surface area contributed by atoms with Crippen LogP contribution in [-0.2, 0) is 0 Å². The van der Waals surface area contributed by atoms with Gasteiger partial charge in [0.05, 0.1) is 11.1 Å². The molecule has 1 amide bonds. The van der Waals surface area contributed by atoms with Crippen molar-refractivity contribution in [2.75, 3.05) is 27.2 Å². The van der Waals surface area contributed by atoms with Gasteiger partial charge < -0.3 is 15.3 Å². The standard InChI is InChI=1S/C13H16F2N2O3/c1-16-4-3-5-17(2)12(18)8-6-10(14)11(15)7-9(8)13(19)20/h6-7,16H,3-5H2,1-2H3,(H,19,20). The molecule has 0 fully saturated rings. The van der Waals surface area contributed by atoms with Crippen molar-refractivity contribution in [1.82, 2.24) is 10.2 Å². The summed E-state index contributed by atoms with van der Waals surface area (Å²) in [5.74, 6) is -4.67. The Bertz CT molecular complexity index is 521. The molecule has 0 radical (unpaired) electrons. The molecule has 7 heteroatoms. The van der Waals surface area contributed by atoms with E-state index in [2.05, 4.69) is 5.32 Å². The molecule has 0 aliphatic rings. The van der Waals surface area contributed by atoms with Gasteiger partial charge in [0, 0.05) is 13.6 Å². The molecule has 0 aliphatic heterocycles. The molecule has 5 nitrogen and oxygen atoms in total. The minimum atomic E-state index is -1.48. The maximum atomic E-state index is 13.2. The van der Waals surface area contributed by atoms with Crippen molar-refractivity contribution in [2.24, 2.45) is 0 Å². The van der Waals surface area contributed by atoms with E-state index in [9.17, 15) is 18.4 Å². The number of amides is 1. The van der Waals surface area contributed by atoms with E-state index >= 15 is 0 Å². The molecular formula is C13H16F2N2O3. The van der Waals surface area contributed by atoms with E-state index in [0.717, 1.165) is 0 Å². The Labute approximate surface area is 115 Å². The normalized spacial score (nSPS) is 10.4. The highest BCUT2D eigenvalue weighted by Gasteiger charge is 2.22. The molecule has 0 aliphatic carbocycles. The molecule has 0 bridgehead atoms. The smallest absolute Gasteiger partial charge is 0.336 e. The Hall–Kier alpha value is -2.02. The molecule has 0 atom stereocenters. The van der Waals surface area contributed by atoms with Crippen LogP contribution in [0.5, 0.6) is 0 Å². The van der Waals surface area contributed by atoms with Gasteiger partial charge in [-0.15, -0.1) is 0 Å². The van der Waals surface area contributed by atoms with Gasteiger partial charge in [-0.1, -0.05) is 0 Å².